The topological polar surface area (TPSA) is 20.3 Å². The molecule has 1 aromatic rings. The van der Waals surface area contributed by atoms with E-state index >= 15 is 0 Å². The van der Waals surface area contributed by atoms with E-state index < -0.39 is 0 Å². The highest BCUT2D eigenvalue weighted by Gasteiger charge is 2.14. The Balaban J connectivity index is 2.81. The van der Waals surface area contributed by atoms with Gasteiger partial charge in [0, 0.05) is 18.7 Å². The van der Waals surface area contributed by atoms with Crippen LogP contribution in [0.2, 0.25) is 0 Å². The molecule has 100 valence electrons. The molecule has 0 fully saturated rings. The van der Waals surface area contributed by atoms with Crippen LogP contribution < -0.4 is 0 Å². The van der Waals surface area contributed by atoms with E-state index in [1.54, 1.807) is 0 Å². The smallest absolute Gasteiger partial charge is 0.253 e. The van der Waals surface area contributed by atoms with Gasteiger partial charge in [-0.1, -0.05) is 39.8 Å². The molecule has 0 atom stereocenters. The third-order valence-corrected chi connectivity index (χ3v) is 3.10. The van der Waals surface area contributed by atoms with Crippen LogP contribution in [0.15, 0.2) is 24.3 Å². The molecule has 0 radical (unpaired) electrons. The maximum atomic E-state index is 12.3. The van der Waals surface area contributed by atoms with E-state index in [2.05, 4.69) is 39.8 Å². The van der Waals surface area contributed by atoms with Gasteiger partial charge < -0.3 is 4.90 Å². The molecule has 0 heterocycles. The van der Waals surface area contributed by atoms with E-state index in [0.717, 1.165) is 31.5 Å². The van der Waals surface area contributed by atoms with E-state index in [-0.39, 0.29) is 5.91 Å². The molecule has 0 aliphatic heterocycles. The van der Waals surface area contributed by atoms with Gasteiger partial charge in [-0.2, -0.15) is 0 Å². The van der Waals surface area contributed by atoms with Crippen molar-refractivity contribution >= 4 is 5.91 Å². The van der Waals surface area contributed by atoms with Crippen molar-refractivity contribution in [2.75, 3.05) is 13.1 Å². The van der Waals surface area contributed by atoms with Crippen molar-refractivity contribution in [1.29, 1.82) is 0 Å². The first-order valence-corrected chi connectivity index (χ1v) is 6.99. The molecular formula is C16H25NO. The minimum Gasteiger partial charge on any atom is -0.339 e. The standard InChI is InChI=1S/C16H25NO/c1-5-11-17(12-6-2)16(18)15-9-7-14(8-10-15)13(3)4/h7-10,13H,5-6,11-12H2,1-4H3. The molecule has 1 aromatic carbocycles. The number of benzene rings is 1. The summed E-state index contributed by atoms with van der Waals surface area (Å²) in [6.07, 6.45) is 2.02. The zero-order valence-electron chi connectivity index (χ0n) is 12.1. The number of amides is 1. The van der Waals surface area contributed by atoms with E-state index in [1.807, 2.05) is 17.0 Å². The zero-order valence-corrected chi connectivity index (χ0v) is 12.1. The second kappa shape index (κ2) is 7.20. The van der Waals surface area contributed by atoms with Crippen LogP contribution in [0.25, 0.3) is 0 Å². The number of carbonyl (C=O) groups excluding carboxylic acids is 1. The molecule has 18 heavy (non-hydrogen) atoms. The van der Waals surface area contributed by atoms with Crippen LogP contribution in [0.4, 0.5) is 0 Å². The summed E-state index contributed by atoms with van der Waals surface area (Å²) in [5.41, 5.74) is 2.09. The SMILES string of the molecule is CCCN(CCC)C(=O)c1ccc(C(C)C)cc1. The largest absolute Gasteiger partial charge is 0.339 e. The van der Waals surface area contributed by atoms with Gasteiger partial charge in [0.05, 0.1) is 0 Å². The quantitative estimate of drug-likeness (QED) is 0.742. The summed E-state index contributed by atoms with van der Waals surface area (Å²) in [6.45, 7) is 10.2. The van der Waals surface area contributed by atoms with E-state index in [9.17, 15) is 4.79 Å². The van der Waals surface area contributed by atoms with Crippen molar-refractivity contribution in [3.63, 3.8) is 0 Å². The molecule has 2 heteroatoms. The van der Waals surface area contributed by atoms with Crippen LogP contribution in [0.3, 0.4) is 0 Å². The van der Waals surface area contributed by atoms with Crippen LogP contribution >= 0.6 is 0 Å². The maximum absolute atomic E-state index is 12.3. The number of carbonyl (C=O) groups is 1. The number of nitrogens with zero attached hydrogens (tertiary/aromatic N) is 1. The van der Waals surface area contributed by atoms with E-state index in [0.29, 0.717) is 5.92 Å². The highest BCUT2D eigenvalue weighted by molar-refractivity contribution is 5.94. The lowest BCUT2D eigenvalue weighted by molar-refractivity contribution is 0.0755. The number of rotatable bonds is 6. The second-order valence-electron chi connectivity index (χ2n) is 5.07. The Kier molecular flexibility index (Phi) is 5.90. The average molecular weight is 247 g/mol. The lowest BCUT2D eigenvalue weighted by atomic mass is 10.0. The van der Waals surface area contributed by atoms with Gasteiger partial charge in [-0.15, -0.1) is 0 Å². The lowest BCUT2D eigenvalue weighted by Gasteiger charge is -2.21. The van der Waals surface area contributed by atoms with Crippen molar-refractivity contribution in [2.45, 2.75) is 46.5 Å². The fourth-order valence-electron chi connectivity index (χ4n) is 2.05. The summed E-state index contributed by atoms with van der Waals surface area (Å²) in [5.74, 6) is 0.672. The van der Waals surface area contributed by atoms with Gasteiger partial charge in [0.2, 0.25) is 0 Å². The van der Waals surface area contributed by atoms with Gasteiger partial charge >= 0.3 is 0 Å². The molecule has 0 aliphatic rings. The summed E-state index contributed by atoms with van der Waals surface area (Å²) in [5, 5.41) is 0. The first kappa shape index (κ1) is 14.7. The fraction of sp³-hybridized carbons (Fsp3) is 0.562. The molecule has 0 unspecified atom stereocenters. The Labute approximate surface area is 111 Å². The second-order valence-corrected chi connectivity index (χ2v) is 5.07. The summed E-state index contributed by atoms with van der Waals surface area (Å²) in [4.78, 5) is 14.3. The van der Waals surface area contributed by atoms with Crippen molar-refractivity contribution in [1.82, 2.24) is 4.90 Å². The molecule has 2 nitrogen and oxygen atoms in total. The van der Waals surface area contributed by atoms with E-state index in [1.165, 1.54) is 5.56 Å². The average Bonchev–Trinajstić information content (AvgIpc) is 2.38. The van der Waals surface area contributed by atoms with Gasteiger partial charge in [-0.25, -0.2) is 0 Å². The minimum atomic E-state index is 0.161. The first-order chi connectivity index (χ1) is 8.60. The van der Waals surface area contributed by atoms with Gasteiger partial charge in [0.1, 0.15) is 0 Å². The molecular weight excluding hydrogens is 222 g/mol. The molecule has 0 aliphatic carbocycles. The molecule has 1 amide bonds. The maximum Gasteiger partial charge on any atom is 0.253 e. The Hall–Kier alpha value is -1.31. The summed E-state index contributed by atoms with van der Waals surface area (Å²) >= 11 is 0. The number of hydrogen-bond acceptors (Lipinski definition) is 1. The third kappa shape index (κ3) is 3.86. The van der Waals surface area contributed by atoms with Crippen molar-refractivity contribution in [3.05, 3.63) is 35.4 Å². The molecule has 0 spiro atoms. The molecule has 0 bridgehead atoms. The monoisotopic (exact) mass is 247 g/mol. The van der Waals surface area contributed by atoms with Crippen molar-refractivity contribution in [2.24, 2.45) is 0 Å². The van der Waals surface area contributed by atoms with Crippen molar-refractivity contribution < 1.29 is 4.79 Å². The summed E-state index contributed by atoms with van der Waals surface area (Å²) < 4.78 is 0. The predicted molar refractivity (Wildman–Crippen MR) is 77.0 cm³/mol. The lowest BCUT2D eigenvalue weighted by Crippen LogP contribution is -2.32. The molecule has 0 saturated carbocycles. The van der Waals surface area contributed by atoms with Crippen molar-refractivity contribution in [3.8, 4) is 0 Å². The zero-order chi connectivity index (χ0) is 13.5. The Morgan fingerprint density at radius 2 is 1.56 bits per heavy atom. The third-order valence-electron chi connectivity index (χ3n) is 3.10. The predicted octanol–water partition coefficient (Wildman–Crippen LogP) is 4.07. The van der Waals surface area contributed by atoms with Gasteiger partial charge in [0.15, 0.2) is 0 Å². The first-order valence-electron chi connectivity index (χ1n) is 6.99. The summed E-state index contributed by atoms with van der Waals surface area (Å²) in [7, 11) is 0. The Bertz CT molecular complexity index is 361. The van der Waals surface area contributed by atoms with Crippen LogP contribution in [0.5, 0.6) is 0 Å². The Morgan fingerprint density at radius 1 is 1.06 bits per heavy atom. The van der Waals surface area contributed by atoms with Crippen LogP contribution in [0, 0.1) is 0 Å². The fourth-order valence-corrected chi connectivity index (χ4v) is 2.05. The molecule has 0 saturated heterocycles. The molecule has 1 rings (SSSR count). The molecule has 0 aromatic heterocycles. The Morgan fingerprint density at radius 3 is 1.94 bits per heavy atom. The van der Waals surface area contributed by atoms with Gasteiger partial charge in [0.25, 0.3) is 5.91 Å². The highest BCUT2D eigenvalue weighted by atomic mass is 16.2. The number of hydrogen-bond donors (Lipinski definition) is 0. The molecule has 0 N–H and O–H groups in total. The van der Waals surface area contributed by atoms with Crippen LogP contribution in [-0.2, 0) is 0 Å². The highest BCUT2D eigenvalue weighted by Crippen LogP contribution is 2.16. The van der Waals surface area contributed by atoms with Gasteiger partial charge in [-0.3, -0.25) is 4.79 Å². The van der Waals surface area contributed by atoms with Crippen LogP contribution in [0.1, 0.15) is 62.4 Å². The normalized spacial score (nSPS) is 10.7. The minimum absolute atomic E-state index is 0.161. The van der Waals surface area contributed by atoms with Gasteiger partial charge in [-0.05, 0) is 36.5 Å². The summed E-state index contributed by atoms with van der Waals surface area (Å²) in [6, 6.07) is 8.04. The van der Waals surface area contributed by atoms with Crippen LogP contribution in [-0.4, -0.2) is 23.9 Å². The van der Waals surface area contributed by atoms with E-state index in [4.69, 9.17) is 0 Å².